The topological polar surface area (TPSA) is 95.1 Å². The van der Waals surface area contributed by atoms with Crippen molar-refractivity contribution >= 4 is 5.91 Å². The number of nitrogens with zero attached hydrogens (tertiary/aromatic N) is 3. The highest BCUT2D eigenvalue weighted by Crippen LogP contribution is 2.06. The lowest BCUT2D eigenvalue weighted by molar-refractivity contribution is -0.123. The fraction of sp³-hybridized carbons (Fsp3) is 0.357. The van der Waals surface area contributed by atoms with Gasteiger partial charge in [-0.3, -0.25) is 4.79 Å². The average molecular weight is 289 g/mol. The third-order valence-corrected chi connectivity index (χ3v) is 3.05. The van der Waals surface area contributed by atoms with E-state index in [0.717, 1.165) is 5.56 Å². The van der Waals surface area contributed by atoms with Gasteiger partial charge in [0.25, 0.3) is 0 Å². The van der Waals surface area contributed by atoms with Crippen LogP contribution in [0.2, 0.25) is 0 Å². The first-order valence-corrected chi connectivity index (χ1v) is 6.67. The van der Waals surface area contributed by atoms with Gasteiger partial charge in [-0.05, 0) is 23.8 Å². The Labute approximate surface area is 123 Å². The van der Waals surface area contributed by atoms with Gasteiger partial charge in [0, 0.05) is 38.8 Å². The quantitative estimate of drug-likeness (QED) is 0.761. The summed E-state index contributed by atoms with van der Waals surface area (Å²) in [5, 5.41) is 6.96. The summed E-state index contributed by atoms with van der Waals surface area (Å²) in [6.07, 6.45) is 5.20. The Morgan fingerprint density at radius 3 is 3.05 bits per heavy atom. The summed E-state index contributed by atoms with van der Waals surface area (Å²) in [5.74, 6) is 0.619. The number of rotatable bonds is 7. The number of ether oxygens (including phenoxy) is 1. The van der Waals surface area contributed by atoms with E-state index in [1.807, 2.05) is 24.4 Å². The normalized spacial score (nSPS) is 12.1. The van der Waals surface area contributed by atoms with Crippen LogP contribution < -0.4 is 11.1 Å². The Balaban J connectivity index is 1.92. The maximum Gasteiger partial charge on any atom is 0.222 e. The summed E-state index contributed by atoms with van der Waals surface area (Å²) in [6, 6.07) is 5.56. The Morgan fingerprint density at radius 2 is 2.38 bits per heavy atom. The highest BCUT2D eigenvalue weighted by atomic mass is 16.5. The summed E-state index contributed by atoms with van der Waals surface area (Å²) in [5.41, 5.74) is 6.44. The third-order valence-electron chi connectivity index (χ3n) is 3.05. The molecule has 2 rings (SSSR count). The molecule has 0 fully saturated rings. The van der Waals surface area contributed by atoms with E-state index in [0.29, 0.717) is 18.9 Å². The fourth-order valence-corrected chi connectivity index (χ4v) is 1.84. The number of carbonyl (C=O) groups is 1. The van der Waals surface area contributed by atoms with Crippen LogP contribution in [0.4, 0.5) is 0 Å². The Kier molecular flexibility index (Phi) is 5.42. The first-order chi connectivity index (χ1) is 10.2. The number of carbonyl (C=O) groups excluding carboxylic acids is 1. The minimum Gasteiger partial charge on any atom is -0.380 e. The molecule has 3 N–H and O–H groups in total. The average Bonchev–Trinajstić information content (AvgIpc) is 3.05. The molecule has 1 amide bonds. The third kappa shape index (κ3) is 4.37. The summed E-state index contributed by atoms with van der Waals surface area (Å²) in [4.78, 5) is 16.0. The Bertz CT molecular complexity index is 567. The molecule has 0 spiro atoms. The van der Waals surface area contributed by atoms with Crippen molar-refractivity contribution in [3.05, 3.63) is 42.4 Å². The van der Waals surface area contributed by atoms with Gasteiger partial charge in [-0.1, -0.05) is 0 Å². The largest absolute Gasteiger partial charge is 0.380 e. The van der Waals surface area contributed by atoms with Crippen molar-refractivity contribution in [1.29, 1.82) is 0 Å². The van der Waals surface area contributed by atoms with E-state index in [2.05, 4.69) is 15.4 Å². The van der Waals surface area contributed by atoms with E-state index in [-0.39, 0.29) is 18.4 Å². The molecule has 0 radical (unpaired) electrons. The number of nitrogens with two attached hydrogens (primary N) is 1. The van der Waals surface area contributed by atoms with E-state index in [1.165, 1.54) is 0 Å². The standard InChI is InChI=1S/C14H19N5O2/c1-21-12(9-15)8-14(20)17-10-11-3-5-16-13(7-11)19-6-2-4-18-19/h2-7,12H,8-10,15H2,1H3,(H,17,20). The molecule has 0 saturated carbocycles. The van der Waals surface area contributed by atoms with Crippen LogP contribution in [0.1, 0.15) is 12.0 Å². The smallest absolute Gasteiger partial charge is 0.222 e. The molecule has 1 atom stereocenters. The molecule has 0 aliphatic carbocycles. The molecular formula is C14H19N5O2. The van der Waals surface area contributed by atoms with Gasteiger partial charge in [0.2, 0.25) is 5.91 Å². The molecule has 112 valence electrons. The number of hydrogen-bond donors (Lipinski definition) is 2. The van der Waals surface area contributed by atoms with Gasteiger partial charge in [-0.25, -0.2) is 9.67 Å². The molecule has 0 aliphatic rings. The maximum atomic E-state index is 11.8. The molecular weight excluding hydrogens is 270 g/mol. The zero-order valence-corrected chi connectivity index (χ0v) is 11.9. The van der Waals surface area contributed by atoms with Crippen LogP contribution in [0.15, 0.2) is 36.8 Å². The van der Waals surface area contributed by atoms with Gasteiger partial charge < -0.3 is 15.8 Å². The van der Waals surface area contributed by atoms with E-state index in [9.17, 15) is 4.79 Å². The monoisotopic (exact) mass is 289 g/mol. The Hall–Kier alpha value is -2.25. The molecule has 2 aromatic heterocycles. The first-order valence-electron chi connectivity index (χ1n) is 6.67. The number of aromatic nitrogens is 3. The van der Waals surface area contributed by atoms with Crippen LogP contribution in [0.5, 0.6) is 0 Å². The fourth-order valence-electron chi connectivity index (χ4n) is 1.84. The van der Waals surface area contributed by atoms with Gasteiger partial charge >= 0.3 is 0 Å². The lowest BCUT2D eigenvalue weighted by Crippen LogP contribution is -2.31. The molecule has 1 unspecified atom stereocenters. The molecule has 21 heavy (non-hydrogen) atoms. The molecule has 0 aromatic carbocycles. The van der Waals surface area contributed by atoms with Gasteiger partial charge in [-0.15, -0.1) is 0 Å². The predicted octanol–water partition coefficient (Wildman–Crippen LogP) is 0.247. The number of pyridine rings is 1. The van der Waals surface area contributed by atoms with Crippen molar-refractivity contribution in [2.75, 3.05) is 13.7 Å². The lowest BCUT2D eigenvalue weighted by Gasteiger charge is -2.12. The van der Waals surface area contributed by atoms with Crippen molar-refractivity contribution in [2.45, 2.75) is 19.1 Å². The second-order valence-electron chi connectivity index (χ2n) is 4.55. The number of hydrogen-bond acceptors (Lipinski definition) is 5. The first kappa shape index (κ1) is 15.1. The van der Waals surface area contributed by atoms with Crippen LogP contribution >= 0.6 is 0 Å². The molecule has 7 heteroatoms. The van der Waals surface area contributed by atoms with Gasteiger partial charge in [0.05, 0.1) is 12.5 Å². The molecule has 0 bridgehead atoms. The van der Waals surface area contributed by atoms with Crippen molar-refractivity contribution < 1.29 is 9.53 Å². The van der Waals surface area contributed by atoms with Gasteiger partial charge in [0.15, 0.2) is 5.82 Å². The van der Waals surface area contributed by atoms with Crippen LogP contribution in [0, 0.1) is 0 Å². The second kappa shape index (κ2) is 7.51. The maximum absolute atomic E-state index is 11.8. The molecule has 0 aliphatic heterocycles. The molecule has 0 saturated heterocycles. The number of methoxy groups -OCH3 is 1. The van der Waals surface area contributed by atoms with Crippen molar-refractivity contribution in [3.8, 4) is 5.82 Å². The summed E-state index contributed by atoms with van der Waals surface area (Å²) >= 11 is 0. The van der Waals surface area contributed by atoms with Gasteiger partial charge in [-0.2, -0.15) is 5.10 Å². The van der Waals surface area contributed by atoms with Crippen LogP contribution in [0.25, 0.3) is 5.82 Å². The van der Waals surface area contributed by atoms with Crippen LogP contribution in [-0.2, 0) is 16.1 Å². The zero-order valence-electron chi connectivity index (χ0n) is 11.9. The minimum atomic E-state index is -0.248. The van der Waals surface area contributed by atoms with Crippen molar-refractivity contribution in [1.82, 2.24) is 20.1 Å². The highest BCUT2D eigenvalue weighted by Gasteiger charge is 2.11. The summed E-state index contributed by atoms with van der Waals surface area (Å²) in [7, 11) is 1.55. The Morgan fingerprint density at radius 1 is 1.52 bits per heavy atom. The molecule has 7 nitrogen and oxygen atoms in total. The van der Waals surface area contributed by atoms with Crippen LogP contribution in [0.3, 0.4) is 0 Å². The van der Waals surface area contributed by atoms with E-state index in [1.54, 1.807) is 24.2 Å². The molecule has 2 aromatic rings. The van der Waals surface area contributed by atoms with Crippen LogP contribution in [-0.4, -0.2) is 40.4 Å². The lowest BCUT2D eigenvalue weighted by atomic mass is 10.2. The van der Waals surface area contributed by atoms with Crippen molar-refractivity contribution in [2.24, 2.45) is 5.73 Å². The van der Waals surface area contributed by atoms with E-state index in [4.69, 9.17) is 10.5 Å². The van der Waals surface area contributed by atoms with E-state index >= 15 is 0 Å². The van der Waals surface area contributed by atoms with Gasteiger partial charge in [0.1, 0.15) is 0 Å². The number of amides is 1. The predicted molar refractivity (Wildman–Crippen MR) is 77.7 cm³/mol. The number of nitrogens with one attached hydrogen (secondary N) is 1. The SMILES string of the molecule is COC(CN)CC(=O)NCc1ccnc(-n2cccn2)c1. The van der Waals surface area contributed by atoms with E-state index < -0.39 is 0 Å². The second-order valence-corrected chi connectivity index (χ2v) is 4.55. The van der Waals surface area contributed by atoms with Crippen molar-refractivity contribution in [3.63, 3.8) is 0 Å². The summed E-state index contributed by atoms with van der Waals surface area (Å²) < 4.78 is 6.75. The summed E-state index contributed by atoms with van der Waals surface area (Å²) in [6.45, 7) is 0.749. The highest BCUT2D eigenvalue weighted by molar-refractivity contribution is 5.76. The zero-order chi connectivity index (χ0) is 15.1. The molecule has 2 heterocycles. The minimum absolute atomic E-state index is 0.0928.